The second-order valence-corrected chi connectivity index (χ2v) is 3.96. The van der Waals surface area contributed by atoms with Crippen molar-refractivity contribution in [2.75, 3.05) is 19.6 Å². The average molecular weight is 212 g/mol. The average Bonchev–Trinajstić information content (AvgIpc) is 2.76. The van der Waals surface area contributed by atoms with E-state index in [1.165, 1.54) is 0 Å². The first kappa shape index (κ1) is 12.0. The minimum atomic E-state index is -0.437. The van der Waals surface area contributed by atoms with Crippen LogP contribution in [0.15, 0.2) is 0 Å². The lowest BCUT2D eigenvalue weighted by Crippen LogP contribution is -2.41. The number of rotatable bonds is 4. The molecule has 2 amide bonds. The van der Waals surface area contributed by atoms with Gasteiger partial charge in [0.05, 0.1) is 0 Å². The summed E-state index contributed by atoms with van der Waals surface area (Å²) in [6.45, 7) is 4.20. The van der Waals surface area contributed by atoms with Crippen LogP contribution in [0.2, 0.25) is 0 Å². The molecule has 1 fully saturated rings. The Hall–Kier alpha value is -1.06. The maximum Gasteiger partial charge on any atom is 0.311 e. The fourth-order valence-electron chi connectivity index (χ4n) is 1.72. The van der Waals surface area contributed by atoms with Gasteiger partial charge in [0.25, 0.3) is 0 Å². The smallest absolute Gasteiger partial charge is 0.311 e. The van der Waals surface area contributed by atoms with Crippen molar-refractivity contribution in [1.29, 1.82) is 0 Å². The van der Waals surface area contributed by atoms with E-state index in [9.17, 15) is 9.59 Å². The van der Waals surface area contributed by atoms with E-state index in [0.29, 0.717) is 6.54 Å². The van der Waals surface area contributed by atoms with Crippen LogP contribution in [0, 0.1) is 0 Å². The van der Waals surface area contributed by atoms with E-state index in [-0.39, 0.29) is 5.91 Å². The number of nitrogens with one attached hydrogen (secondary N) is 1. The largest absolute Gasteiger partial charge is 0.348 e. The number of carbonyl (C=O) groups is 2. The molecule has 1 aliphatic rings. The van der Waals surface area contributed by atoms with Gasteiger partial charge in [-0.15, -0.1) is 0 Å². The third kappa shape index (κ3) is 3.90. The second-order valence-electron chi connectivity index (χ2n) is 3.96. The minimum Gasteiger partial charge on any atom is -0.348 e. The standard InChI is InChI=1S/C11H20N2O2/c1-2-3-4-7-12-10(14)11(15)13-8-5-6-9-13/h2-9H2,1H3,(H,12,14). The van der Waals surface area contributed by atoms with E-state index in [0.717, 1.165) is 45.2 Å². The molecule has 0 aromatic heterocycles. The van der Waals surface area contributed by atoms with E-state index < -0.39 is 5.91 Å². The molecule has 0 aliphatic carbocycles. The zero-order valence-electron chi connectivity index (χ0n) is 9.42. The van der Waals surface area contributed by atoms with Gasteiger partial charge in [0.15, 0.2) is 0 Å². The first-order chi connectivity index (χ1) is 7.25. The summed E-state index contributed by atoms with van der Waals surface area (Å²) in [5.41, 5.74) is 0. The summed E-state index contributed by atoms with van der Waals surface area (Å²) in [5, 5.41) is 2.66. The third-order valence-electron chi connectivity index (χ3n) is 2.65. The highest BCUT2D eigenvalue weighted by molar-refractivity contribution is 6.35. The van der Waals surface area contributed by atoms with Crippen LogP contribution >= 0.6 is 0 Å². The van der Waals surface area contributed by atoms with Gasteiger partial charge >= 0.3 is 11.8 Å². The first-order valence-corrected chi connectivity index (χ1v) is 5.82. The number of hydrogen-bond donors (Lipinski definition) is 1. The summed E-state index contributed by atoms with van der Waals surface area (Å²) >= 11 is 0. The van der Waals surface area contributed by atoms with Crippen LogP contribution in [0.3, 0.4) is 0 Å². The van der Waals surface area contributed by atoms with Crippen molar-refractivity contribution in [1.82, 2.24) is 10.2 Å². The molecule has 1 saturated heterocycles. The van der Waals surface area contributed by atoms with E-state index in [2.05, 4.69) is 12.2 Å². The lowest BCUT2D eigenvalue weighted by atomic mass is 10.2. The van der Waals surface area contributed by atoms with Gasteiger partial charge in [0.2, 0.25) is 0 Å². The zero-order chi connectivity index (χ0) is 11.1. The van der Waals surface area contributed by atoms with Crippen LogP contribution in [0.1, 0.15) is 39.0 Å². The molecule has 0 aromatic carbocycles. The van der Waals surface area contributed by atoms with E-state index in [1.54, 1.807) is 4.90 Å². The molecule has 4 nitrogen and oxygen atoms in total. The van der Waals surface area contributed by atoms with Crippen molar-refractivity contribution >= 4 is 11.8 Å². The number of carbonyl (C=O) groups excluding carboxylic acids is 2. The van der Waals surface area contributed by atoms with Crippen LogP contribution in [0.25, 0.3) is 0 Å². The predicted octanol–water partition coefficient (Wildman–Crippen LogP) is 0.915. The molecule has 0 bridgehead atoms. The summed E-state index contributed by atoms with van der Waals surface area (Å²) in [5.74, 6) is -0.794. The van der Waals surface area contributed by atoms with Gasteiger partial charge in [0, 0.05) is 19.6 Å². The quantitative estimate of drug-likeness (QED) is 0.556. The summed E-state index contributed by atoms with van der Waals surface area (Å²) in [6, 6.07) is 0. The molecule has 1 heterocycles. The van der Waals surface area contributed by atoms with Crippen LogP contribution < -0.4 is 5.32 Å². The molecule has 86 valence electrons. The number of likely N-dealkylation sites (tertiary alicyclic amines) is 1. The van der Waals surface area contributed by atoms with E-state index in [4.69, 9.17) is 0 Å². The molecule has 0 unspecified atom stereocenters. The van der Waals surface area contributed by atoms with Crippen molar-refractivity contribution in [2.24, 2.45) is 0 Å². The van der Waals surface area contributed by atoms with Gasteiger partial charge in [-0.05, 0) is 19.3 Å². The number of amides is 2. The Labute approximate surface area is 91.0 Å². The maximum absolute atomic E-state index is 11.5. The molecule has 0 saturated carbocycles. The second kappa shape index (κ2) is 6.43. The highest BCUT2D eigenvalue weighted by Crippen LogP contribution is 2.07. The fraction of sp³-hybridized carbons (Fsp3) is 0.818. The van der Waals surface area contributed by atoms with Gasteiger partial charge in [-0.3, -0.25) is 9.59 Å². The molecule has 0 atom stereocenters. The molecular weight excluding hydrogens is 192 g/mol. The van der Waals surface area contributed by atoms with Crippen LogP contribution in [0.4, 0.5) is 0 Å². The van der Waals surface area contributed by atoms with Crippen molar-refractivity contribution in [3.05, 3.63) is 0 Å². The molecule has 1 rings (SSSR count). The van der Waals surface area contributed by atoms with Crippen molar-refractivity contribution < 1.29 is 9.59 Å². The lowest BCUT2D eigenvalue weighted by molar-refractivity contribution is -0.145. The predicted molar refractivity (Wildman–Crippen MR) is 58.3 cm³/mol. The zero-order valence-corrected chi connectivity index (χ0v) is 9.42. The monoisotopic (exact) mass is 212 g/mol. The third-order valence-corrected chi connectivity index (χ3v) is 2.65. The van der Waals surface area contributed by atoms with Gasteiger partial charge in [-0.25, -0.2) is 0 Å². The Morgan fingerprint density at radius 3 is 2.47 bits per heavy atom. The summed E-state index contributed by atoms with van der Waals surface area (Å²) in [7, 11) is 0. The van der Waals surface area contributed by atoms with Crippen LogP contribution in [-0.2, 0) is 9.59 Å². The topological polar surface area (TPSA) is 49.4 Å². The van der Waals surface area contributed by atoms with Gasteiger partial charge in [0.1, 0.15) is 0 Å². The van der Waals surface area contributed by atoms with Crippen LogP contribution in [0.5, 0.6) is 0 Å². The van der Waals surface area contributed by atoms with Gasteiger partial charge in [-0.1, -0.05) is 19.8 Å². The minimum absolute atomic E-state index is 0.357. The highest BCUT2D eigenvalue weighted by atomic mass is 16.2. The van der Waals surface area contributed by atoms with Gasteiger partial charge in [-0.2, -0.15) is 0 Å². The molecule has 0 radical (unpaired) electrons. The normalized spacial score (nSPS) is 15.4. The summed E-state index contributed by atoms with van der Waals surface area (Å²) < 4.78 is 0. The first-order valence-electron chi connectivity index (χ1n) is 5.82. The Morgan fingerprint density at radius 1 is 1.20 bits per heavy atom. The molecule has 4 heteroatoms. The molecule has 0 spiro atoms. The maximum atomic E-state index is 11.5. The van der Waals surface area contributed by atoms with E-state index >= 15 is 0 Å². The van der Waals surface area contributed by atoms with Crippen molar-refractivity contribution in [2.45, 2.75) is 39.0 Å². The highest BCUT2D eigenvalue weighted by Gasteiger charge is 2.23. The number of unbranched alkanes of at least 4 members (excludes halogenated alkanes) is 2. The summed E-state index contributed by atoms with van der Waals surface area (Å²) in [6.07, 6.45) is 5.22. The number of nitrogens with zero attached hydrogens (tertiary/aromatic N) is 1. The van der Waals surface area contributed by atoms with Gasteiger partial charge < -0.3 is 10.2 Å². The molecular formula is C11H20N2O2. The summed E-state index contributed by atoms with van der Waals surface area (Å²) in [4.78, 5) is 24.5. The molecule has 1 N–H and O–H groups in total. The van der Waals surface area contributed by atoms with E-state index in [1.807, 2.05) is 0 Å². The number of hydrogen-bond acceptors (Lipinski definition) is 2. The Bertz CT molecular complexity index is 223. The van der Waals surface area contributed by atoms with Crippen LogP contribution in [-0.4, -0.2) is 36.3 Å². The molecule has 0 aromatic rings. The molecule has 15 heavy (non-hydrogen) atoms. The fourth-order valence-corrected chi connectivity index (χ4v) is 1.72. The Balaban J connectivity index is 2.18. The Morgan fingerprint density at radius 2 is 1.87 bits per heavy atom. The van der Waals surface area contributed by atoms with Crippen molar-refractivity contribution in [3.63, 3.8) is 0 Å². The SMILES string of the molecule is CCCCCNC(=O)C(=O)N1CCCC1. The lowest BCUT2D eigenvalue weighted by Gasteiger charge is -2.14. The van der Waals surface area contributed by atoms with Crippen molar-refractivity contribution in [3.8, 4) is 0 Å². The Kier molecular flexibility index (Phi) is 5.15. The molecule has 1 aliphatic heterocycles.